The fraction of sp³-hybridized carbons (Fsp3) is 0.500. The molecule has 20 heavy (non-hydrogen) atoms. The summed E-state index contributed by atoms with van der Waals surface area (Å²) < 4.78 is 5.53. The highest BCUT2D eigenvalue weighted by atomic mass is 35.5. The number of anilines is 1. The van der Waals surface area contributed by atoms with Crippen molar-refractivity contribution >= 4 is 23.2 Å². The predicted molar refractivity (Wildman–Crippen MR) is 78.3 cm³/mol. The predicted octanol–water partition coefficient (Wildman–Crippen LogP) is 1.79. The van der Waals surface area contributed by atoms with Crippen molar-refractivity contribution in [1.82, 2.24) is 5.32 Å². The molecule has 1 aliphatic heterocycles. The van der Waals surface area contributed by atoms with E-state index < -0.39 is 6.10 Å². The number of benzene rings is 1. The molecule has 5 nitrogen and oxygen atoms in total. The summed E-state index contributed by atoms with van der Waals surface area (Å²) in [5.74, 6) is 0.421. The number of nitrogens with one attached hydrogen (secondary N) is 2. The van der Waals surface area contributed by atoms with Gasteiger partial charge in [0.1, 0.15) is 5.75 Å². The zero-order valence-corrected chi connectivity index (χ0v) is 12.3. The van der Waals surface area contributed by atoms with E-state index in [0.717, 1.165) is 0 Å². The molecule has 0 aliphatic carbocycles. The first kappa shape index (κ1) is 15.1. The zero-order chi connectivity index (χ0) is 14.7. The van der Waals surface area contributed by atoms with Crippen LogP contribution in [0, 0.1) is 0 Å². The van der Waals surface area contributed by atoms with Crippen LogP contribution in [-0.4, -0.2) is 35.8 Å². The number of hydrogen-bond acceptors (Lipinski definition) is 4. The summed E-state index contributed by atoms with van der Waals surface area (Å²) in [6.07, 6.45) is 0.00182. The Kier molecular flexibility index (Phi) is 4.86. The van der Waals surface area contributed by atoms with Crippen LogP contribution in [0.1, 0.15) is 20.3 Å². The Morgan fingerprint density at radius 3 is 2.85 bits per heavy atom. The molecule has 3 N–H and O–H groups in total. The highest BCUT2D eigenvalue weighted by Crippen LogP contribution is 2.28. The molecule has 1 amide bonds. The van der Waals surface area contributed by atoms with Crippen LogP contribution in [0.5, 0.6) is 5.75 Å². The fourth-order valence-corrected chi connectivity index (χ4v) is 2.30. The molecule has 1 heterocycles. The summed E-state index contributed by atoms with van der Waals surface area (Å²) in [6, 6.07) is 4.76. The molecule has 1 aliphatic rings. The second kappa shape index (κ2) is 6.43. The minimum Gasteiger partial charge on any atom is -0.489 e. The summed E-state index contributed by atoms with van der Waals surface area (Å²) in [5, 5.41) is 15.6. The maximum Gasteiger partial charge on any atom is 0.241 e. The molecule has 1 saturated heterocycles. The molecule has 1 aromatic carbocycles. The maximum absolute atomic E-state index is 12.0. The lowest BCUT2D eigenvalue weighted by Gasteiger charge is -2.14. The van der Waals surface area contributed by atoms with Gasteiger partial charge in [-0.25, -0.2) is 0 Å². The Hall–Kier alpha value is -1.30. The van der Waals surface area contributed by atoms with E-state index >= 15 is 0 Å². The van der Waals surface area contributed by atoms with E-state index in [0.29, 0.717) is 29.4 Å². The topological polar surface area (TPSA) is 70.6 Å². The number of halogens is 1. The summed E-state index contributed by atoms with van der Waals surface area (Å²) in [4.78, 5) is 12.0. The van der Waals surface area contributed by atoms with E-state index in [2.05, 4.69) is 10.6 Å². The van der Waals surface area contributed by atoms with Crippen molar-refractivity contribution in [2.45, 2.75) is 38.5 Å². The van der Waals surface area contributed by atoms with Gasteiger partial charge in [0.05, 0.1) is 23.3 Å². The molecule has 0 saturated carbocycles. The van der Waals surface area contributed by atoms with Crippen molar-refractivity contribution < 1.29 is 14.6 Å². The number of ether oxygens (including phenoxy) is 1. The van der Waals surface area contributed by atoms with E-state index in [9.17, 15) is 9.90 Å². The van der Waals surface area contributed by atoms with Crippen LogP contribution in [0.3, 0.4) is 0 Å². The third-order valence-electron chi connectivity index (χ3n) is 2.99. The first-order valence-corrected chi connectivity index (χ1v) is 7.02. The quantitative estimate of drug-likeness (QED) is 0.792. The van der Waals surface area contributed by atoms with Crippen LogP contribution in [0.4, 0.5) is 5.69 Å². The van der Waals surface area contributed by atoms with Crippen LogP contribution in [-0.2, 0) is 4.79 Å². The van der Waals surface area contributed by atoms with E-state index in [4.69, 9.17) is 16.3 Å². The Morgan fingerprint density at radius 2 is 2.30 bits per heavy atom. The van der Waals surface area contributed by atoms with Gasteiger partial charge in [0.2, 0.25) is 5.91 Å². The van der Waals surface area contributed by atoms with E-state index in [-0.39, 0.29) is 18.1 Å². The third kappa shape index (κ3) is 3.85. The molecule has 2 rings (SSSR count). The summed E-state index contributed by atoms with van der Waals surface area (Å²) >= 11 is 6.11. The number of hydrogen-bond donors (Lipinski definition) is 3. The van der Waals surface area contributed by atoms with Crippen molar-refractivity contribution in [2.75, 3.05) is 11.9 Å². The Labute approximate surface area is 123 Å². The van der Waals surface area contributed by atoms with Gasteiger partial charge in [0, 0.05) is 12.2 Å². The van der Waals surface area contributed by atoms with Gasteiger partial charge in [-0.05, 0) is 38.5 Å². The normalized spacial score (nSPS) is 22.1. The average molecular weight is 299 g/mol. The minimum absolute atomic E-state index is 0.0390. The molecule has 6 heteroatoms. The van der Waals surface area contributed by atoms with Crippen molar-refractivity contribution in [3.8, 4) is 5.75 Å². The van der Waals surface area contributed by atoms with E-state index in [1.807, 2.05) is 13.8 Å². The first-order valence-electron chi connectivity index (χ1n) is 6.64. The summed E-state index contributed by atoms with van der Waals surface area (Å²) in [5.41, 5.74) is 0.610. The first-order chi connectivity index (χ1) is 9.45. The van der Waals surface area contributed by atoms with Crippen LogP contribution >= 0.6 is 11.6 Å². The molecule has 110 valence electrons. The lowest BCUT2D eigenvalue weighted by Crippen LogP contribution is -2.35. The number of amides is 1. The van der Waals surface area contributed by atoms with Crippen molar-refractivity contribution in [3.05, 3.63) is 23.2 Å². The number of aliphatic hydroxyl groups is 1. The fourth-order valence-electron chi connectivity index (χ4n) is 2.07. The van der Waals surface area contributed by atoms with Crippen molar-refractivity contribution in [3.63, 3.8) is 0 Å². The van der Waals surface area contributed by atoms with Gasteiger partial charge < -0.3 is 20.5 Å². The maximum atomic E-state index is 12.0. The van der Waals surface area contributed by atoms with E-state index in [1.165, 1.54) is 0 Å². The molecule has 1 fully saturated rings. The molecule has 0 radical (unpaired) electrons. The second-order valence-corrected chi connectivity index (χ2v) is 5.56. The largest absolute Gasteiger partial charge is 0.489 e. The van der Waals surface area contributed by atoms with Crippen molar-refractivity contribution in [1.29, 1.82) is 0 Å². The molecular weight excluding hydrogens is 280 g/mol. The Morgan fingerprint density at radius 1 is 1.55 bits per heavy atom. The zero-order valence-electron chi connectivity index (χ0n) is 11.5. The lowest BCUT2D eigenvalue weighted by atomic mass is 10.2. The highest BCUT2D eigenvalue weighted by Gasteiger charge is 2.28. The van der Waals surface area contributed by atoms with Crippen LogP contribution < -0.4 is 15.4 Å². The van der Waals surface area contributed by atoms with Gasteiger partial charge in [-0.15, -0.1) is 0 Å². The van der Waals surface area contributed by atoms with E-state index in [1.54, 1.807) is 18.2 Å². The highest BCUT2D eigenvalue weighted by molar-refractivity contribution is 6.32. The number of aliphatic hydroxyl groups excluding tert-OH is 1. The van der Waals surface area contributed by atoms with Gasteiger partial charge in [-0.1, -0.05) is 11.6 Å². The number of β-amino-alcohol motifs (C(OH)–C–C–N with tert-alkyl or cyclic N) is 1. The molecule has 2 atom stereocenters. The van der Waals surface area contributed by atoms with Crippen molar-refractivity contribution in [2.24, 2.45) is 0 Å². The van der Waals surface area contributed by atoms with Crippen LogP contribution in [0.15, 0.2) is 18.2 Å². The van der Waals surface area contributed by atoms with Gasteiger partial charge in [0.15, 0.2) is 0 Å². The monoisotopic (exact) mass is 298 g/mol. The summed E-state index contributed by atoms with van der Waals surface area (Å²) in [6.45, 7) is 4.28. The smallest absolute Gasteiger partial charge is 0.241 e. The number of carbonyl (C=O) groups is 1. The Bertz CT molecular complexity index is 493. The lowest BCUT2D eigenvalue weighted by molar-refractivity contribution is -0.117. The van der Waals surface area contributed by atoms with Gasteiger partial charge >= 0.3 is 0 Å². The number of rotatable bonds is 4. The van der Waals surface area contributed by atoms with Crippen LogP contribution in [0.2, 0.25) is 5.02 Å². The van der Waals surface area contributed by atoms with Gasteiger partial charge in [-0.2, -0.15) is 0 Å². The molecule has 0 bridgehead atoms. The molecule has 1 aromatic rings. The van der Waals surface area contributed by atoms with Gasteiger partial charge in [0.25, 0.3) is 0 Å². The standard InChI is InChI=1S/C14H19ClN2O3/c1-8(2)20-13-4-3-9(5-11(13)15)17-14(19)12-6-10(18)7-16-12/h3-5,8,10,12,16,18H,6-7H2,1-2H3,(H,17,19). The third-order valence-corrected chi connectivity index (χ3v) is 3.28. The SMILES string of the molecule is CC(C)Oc1ccc(NC(=O)C2CC(O)CN2)cc1Cl. The number of carbonyl (C=O) groups excluding carboxylic acids is 1. The molecule has 0 spiro atoms. The molecule has 0 aromatic heterocycles. The van der Waals surface area contributed by atoms with Crippen LogP contribution in [0.25, 0.3) is 0 Å². The molecular formula is C14H19ClN2O3. The average Bonchev–Trinajstić information content (AvgIpc) is 2.79. The van der Waals surface area contributed by atoms with Gasteiger partial charge in [-0.3, -0.25) is 4.79 Å². The minimum atomic E-state index is -0.462. The summed E-state index contributed by atoms with van der Waals surface area (Å²) in [7, 11) is 0. The molecule has 2 unspecified atom stereocenters. The second-order valence-electron chi connectivity index (χ2n) is 5.15. The Balaban J connectivity index is 1.99.